The van der Waals surface area contributed by atoms with Crippen molar-refractivity contribution < 1.29 is 4.79 Å². The number of aryl methyl sites for hydroxylation is 2. The Hall–Kier alpha value is -2.35. The Balaban J connectivity index is 0.00000222. The summed E-state index contributed by atoms with van der Waals surface area (Å²) in [5, 5.41) is 3.28. The Bertz CT molecular complexity index is 971. The third kappa shape index (κ3) is 8.36. The average Bonchev–Trinajstić information content (AvgIpc) is 3.28. The molecule has 36 heavy (non-hydrogen) atoms. The van der Waals surface area contributed by atoms with E-state index in [-0.39, 0.29) is 11.8 Å². The fraction of sp³-hybridized carbons (Fsp3) is 0.500. The Kier molecular flexibility index (Phi) is 13.6. The number of unbranched alkanes of at least 4 members (excludes halogenated alkanes) is 8. The lowest BCUT2D eigenvalue weighted by Gasteiger charge is -2.20. The molecule has 1 aliphatic rings. The lowest BCUT2D eigenvalue weighted by Crippen LogP contribution is -2.12. The Morgan fingerprint density at radius 1 is 0.917 bits per heavy atom. The third-order valence-electron chi connectivity index (χ3n) is 7.20. The molecular weight excluding hydrogens is 438 g/mol. The maximum atomic E-state index is 12.5. The van der Waals surface area contributed by atoms with Crippen LogP contribution in [0.5, 0.6) is 0 Å². The first-order valence-corrected chi connectivity index (χ1v) is 14.4. The first-order valence-electron chi connectivity index (χ1n) is 14.4. The minimum atomic E-state index is -0.0449. The van der Waals surface area contributed by atoms with Gasteiger partial charge in [0.2, 0.25) is 0 Å². The summed E-state index contributed by atoms with van der Waals surface area (Å²) in [6.07, 6.45) is 18.2. The predicted octanol–water partition coefficient (Wildman–Crippen LogP) is 9.70. The molecule has 0 fully saturated rings. The van der Waals surface area contributed by atoms with Crippen molar-refractivity contribution in [1.82, 2.24) is 5.32 Å². The van der Waals surface area contributed by atoms with Gasteiger partial charge in [0, 0.05) is 12.0 Å². The van der Waals surface area contributed by atoms with Crippen LogP contribution in [-0.4, -0.2) is 5.78 Å². The molecular formula is C34H49NO. The van der Waals surface area contributed by atoms with Gasteiger partial charge in [-0.3, -0.25) is 4.79 Å². The van der Waals surface area contributed by atoms with Gasteiger partial charge in [0.1, 0.15) is 0 Å². The molecule has 1 unspecified atom stereocenters. The van der Waals surface area contributed by atoms with Crippen LogP contribution in [0.1, 0.15) is 124 Å². The average molecular weight is 488 g/mol. The minimum Gasteiger partial charge on any atom is -0.384 e. The van der Waals surface area contributed by atoms with E-state index in [1.807, 2.05) is 20.0 Å². The number of carbonyl (C=O) groups excluding carboxylic acids is 1. The maximum Gasteiger partial charge on any atom is 0.163 e. The third-order valence-corrected chi connectivity index (χ3v) is 7.20. The molecule has 2 nitrogen and oxygen atoms in total. The van der Waals surface area contributed by atoms with Crippen molar-refractivity contribution in [2.75, 3.05) is 0 Å². The number of ketones is 1. The summed E-state index contributed by atoms with van der Waals surface area (Å²) in [5.74, 6) is 0.289. The van der Waals surface area contributed by atoms with Gasteiger partial charge in [0.05, 0.1) is 6.04 Å². The minimum absolute atomic E-state index is 0.0449. The van der Waals surface area contributed by atoms with Gasteiger partial charge in [0.15, 0.2) is 5.78 Å². The molecule has 0 bridgehead atoms. The van der Waals surface area contributed by atoms with Crippen LogP contribution in [0.2, 0.25) is 0 Å². The van der Waals surface area contributed by atoms with E-state index in [4.69, 9.17) is 0 Å². The standard InChI is InChI=1S/C32H43NO.C2H6/c1-5-7-8-9-10-11-12-13-14-15-26-18-19-28-29(20-21-31(28)34)32(26)30-23-27(17-16-24(30)3)25(4)33-22-6-2;1-2/h6,16-19,22-23,25,33H,2,4-5,7-15,20-21H2,1,3H3;1-2H3/b22-6-;. The van der Waals surface area contributed by atoms with Crippen LogP contribution in [0.25, 0.3) is 11.1 Å². The number of rotatable bonds is 14. The number of benzene rings is 2. The Morgan fingerprint density at radius 3 is 2.25 bits per heavy atom. The molecule has 2 aromatic rings. The molecule has 0 saturated carbocycles. The first-order chi connectivity index (χ1) is 17.6. The summed E-state index contributed by atoms with van der Waals surface area (Å²) in [6, 6.07) is 10.9. The van der Waals surface area contributed by atoms with Crippen molar-refractivity contribution in [2.45, 2.75) is 111 Å². The van der Waals surface area contributed by atoms with Crippen LogP contribution in [0, 0.1) is 20.8 Å². The summed E-state index contributed by atoms with van der Waals surface area (Å²) in [5.41, 5.74) is 8.54. The van der Waals surface area contributed by atoms with E-state index < -0.39 is 0 Å². The van der Waals surface area contributed by atoms with Crippen LogP contribution in [-0.2, 0) is 12.8 Å². The largest absolute Gasteiger partial charge is 0.384 e. The summed E-state index contributed by atoms with van der Waals surface area (Å²) in [4.78, 5) is 12.5. The van der Waals surface area contributed by atoms with Crippen molar-refractivity contribution in [3.63, 3.8) is 0 Å². The summed E-state index contributed by atoms with van der Waals surface area (Å²) in [7, 11) is 0. The highest BCUT2D eigenvalue weighted by molar-refractivity contribution is 6.03. The molecule has 0 amide bonds. The van der Waals surface area contributed by atoms with Gasteiger partial charge in [-0.05, 0) is 85.7 Å². The number of hydrogen-bond acceptors (Lipinski definition) is 2. The van der Waals surface area contributed by atoms with Crippen LogP contribution in [0.15, 0.2) is 42.6 Å². The molecule has 3 rings (SSSR count). The van der Waals surface area contributed by atoms with Crippen LogP contribution >= 0.6 is 0 Å². The van der Waals surface area contributed by atoms with Gasteiger partial charge in [-0.25, -0.2) is 0 Å². The number of Topliss-reactive ketones (excluding diaryl/α,β-unsaturated/α-hetero) is 1. The molecule has 0 aromatic heterocycles. The highest BCUT2D eigenvalue weighted by Gasteiger charge is 2.25. The van der Waals surface area contributed by atoms with Crippen molar-refractivity contribution in [1.29, 1.82) is 0 Å². The van der Waals surface area contributed by atoms with E-state index in [0.717, 1.165) is 24.0 Å². The number of carbonyl (C=O) groups is 1. The monoisotopic (exact) mass is 487 g/mol. The molecule has 0 heterocycles. The van der Waals surface area contributed by atoms with Gasteiger partial charge < -0.3 is 5.32 Å². The predicted molar refractivity (Wildman–Crippen MR) is 157 cm³/mol. The van der Waals surface area contributed by atoms with Crippen LogP contribution in [0.3, 0.4) is 0 Å². The fourth-order valence-electron chi connectivity index (χ4n) is 5.17. The molecule has 0 spiro atoms. The van der Waals surface area contributed by atoms with Gasteiger partial charge in [-0.2, -0.15) is 0 Å². The summed E-state index contributed by atoms with van der Waals surface area (Å²) >= 11 is 0. The van der Waals surface area contributed by atoms with Gasteiger partial charge in [-0.1, -0.05) is 102 Å². The van der Waals surface area contributed by atoms with E-state index in [1.165, 1.54) is 85.6 Å². The molecule has 2 aromatic carbocycles. The molecule has 196 valence electrons. The second-order valence-corrected chi connectivity index (χ2v) is 9.82. The van der Waals surface area contributed by atoms with E-state index in [2.05, 4.69) is 63.3 Å². The number of hydrogen-bond donors (Lipinski definition) is 1. The van der Waals surface area contributed by atoms with E-state index in [9.17, 15) is 4.79 Å². The Morgan fingerprint density at radius 2 is 1.58 bits per heavy atom. The zero-order valence-corrected chi connectivity index (χ0v) is 23.4. The summed E-state index contributed by atoms with van der Waals surface area (Å²) < 4.78 is 0. The topological polar surface area (TPSA) is 29.1 Å². The molecule has 2 heteroatoms. The van der Waals surface area contributed by atoms with E-state index in [1.54, 1.807) is 6.08 Å². The number of nitrogens with one attached hydrogen (secondary N) is 1. The second kappa shape index (κ2) is 16.4. The molecule has 0 aliphatic heterocycles. The smallest absolute Gasteiger partial charge is 0.163 e. The van der Waals surface area contributed by atoms with Crippen LogP contribution in [0.4, 0.5) is 0 Å². The van der Waals surface area contributed by atoms with Crippen molar-refractivity contribution in [3.8, 4) is 11.1 Å². The molecule has 0 saturated heterocycles. The van der Waals surface area contributed by atoms with Gasteiger partial charge in [0.25, 0.3) is 0 Å². The van der Waals surface area contributed by atoms with Gasteiger partial charge >= 0.3 is 0 Å². The quantitative estimate of drug-likeness (QED) is 0.269. The summed E-state index contributed by atoms with van der Waals surface area (Å²) in [6.45, 7) is 16.5. The zero-order chi connectivity index (χ0) is 26.3. The van der Waals surface area contributed by atoms with Crippen molar-refractivity contribution >= 4 is 5.78 Å². The number of allylic oxidation sites excluding steroid dienone is 1. The van der Waals surface area contributed by atoms with Crippen molar-refractivity contribution in [3.05, 3.63) is 84.3 Å². The van der Waals surface area contributed by atoms with Crippen molar-refractivity contribution in [2.24, 2.45) is 0 Å². The molecule has 1 aliphatic carbocycles. The highest BCUT2D eigenvalue weighted by atomic mass is 16.1. The lowest BCUT2D eigenvalue weighted by atomic mass is 9.86. The number of fused-ring (bicyclic) bond motifs is 1. The molecule has 2 radical (unpaired) electrons. The fourth-order valence-corrected chi connectivity index (χ4v) is 5.17. The molecule has 1 atom stereocenters. The normalized spacial score (nSPS) is 13.4. The van der Waals surface area contributed by atoms with E-state index >= 15 is 0 Å². The first kappa shape index (κ1) is 29.9. The SMILES string of the molecule is CC.[CH2]/C=C\NC([CH2])c1ccc(C)c(-c2c(CCCCCCCCCCC)ccc3c2CCC3=O)c1. The van der Waals surface area contributed by atoms with Gasteiger partial charge in [-0.15, -0.1) is 0 Å². The lowest BCUT2D eigenvalue weighted by molar-refractivity contribution is 0.0994. The maximum absolute atomic E-state index is 12.5. The van der Waals surface area contributed by atoms with Crippen LogP contribution < -0.4 is 5.32 Å². The highest BCUT2D eigenvalue weighted by Crippen LogP contribution is 2.38. The molecule has 1 N–H and O–H groups in total. The second-order valence-electron chi connectivity index (χ2n) is 9.82. The zero-order valence-electron chi connectivity index (χ0n) is 23.4. The van der Waals surface area contributed by atoms with E-state index in [0.29, 0.717) is 6.42 Å². The Labute approximate surface area is 222 Å².